The van der Waals surface area contributed by atoms with Gasteiger partial charge in [0, 0.05) is 30.4 Å². The summed E-state index contributed by atoms with van der Waals surface area (Å²) in [5.74, 6) is 0.412. The minimum atomic E-state index is -0.245. The maximum absolute atomic E-state index is 12.3. The maximum atomic E-state index is 12.3. The Morgan fingerprint density at radius 2 is 2.12 bits per heavy atom. The molecule has 0 aliphatic heterocycles. The van der Waals surface area contributed by atoms with Gasteiger partial charge in [-0.1, -0.05) is 35.5 Å². The summed E-state index contributed by atoms with van der Waals surface area (Å²) in [6.07, 6.45) is 5.83. The number of carbonyl (C=O) groups is 2. The number of aldehydes is 1. The molecular weight excluding hydrogens is 332 g/mol. The van der Waals surface area contributed by atoms with Gasteiger partial charge in [0.1, 0.15) is 5.69 Å². The van der Waals surface area contributed by atoms with Crippen LogP contribution in [0.3, 0.4) is 0 Å². The molecule has 1 fully saturated rings. The number of aromatic nitrogens is 3. The summed E-state index contributed by atoms with van der Waals surface area (Å²) in [5, 5.41) is 11.1. The molecule has 3 aromatic rings. The van der Waals surface area contributed by atoms with E-state index in [2.05, 4.69) is 15.6 Å². The van der Waals surface area contributed by atoms with Crippen LogP contribution in [0.1, 0.15) is 33.8 Å². The lowest BCUT2D eigenvalue weighted by Crippen LogP contribution is -2.45. The van der Waals surface area contributed by atoms with Gasteiger partial charge >= 0.3 is 0 Å². The van der Waals surface area contributed by atoms with Crippen molar-refractivity contribution in [1.29, 1.82) is 0 Å². The van der Waals surface area contributed by atoms with Crippen molar-refractivity contribution in [3.05, 3.63) is 60.1 Å². The Balaban J connectivity index is 1.28. The predicted octanol–water partition coefficient (Wildman–Crippen LogP) is 2.56. The van der Waals surface area contributed by atoms with E-state index < -0.39 is 0 Å². The van der Waals surface area contributed by atoms with Gasteiger partial charge < -0.3 is 9.84 Å². The van der Waals surface area contributed by atoms with Crippen molar-refractivity contribution < 1.29 is 14.1 Å². The molecule has 132 valence electrons. The molecule has 7 heteroatoms. The molecule has 2 aromatic heterocycles. The van der Waals surface area contributed by atoms with Crippen LogP contribution in [0.4, 0.5) is 0 Å². The van der Waals surface area contributed by atoms with Crippen molar-refractivity contribution in [2.45, 2.75) is 25.4 Å². The Morgan fingerprint density at radius 1 is 1.31 bits per heavy atom. The molecular formula is C19H18N4O3. The van der Waals surface area contributed by atoms with Gasteiger partial charge in [0.15, 0.2) is 6.29 Å². The van der Waals surface area contributed by atoms with Gasteiger partial charge in [-0.2, -0.15) is 5.10 Å². The van der Waals surface area contributed by atoms with Crippen molar-refractivity contribution in [2.24, 2.45) is 5.92 Å². The Bertz CT molecular complexity index is 910. The molecule has 0 spiro atoms. The van der Waals surface area contributed by atoms with Crippen LogP contribution in [0, 0.1) is 5.92 Å². The molecule has 0 radical (unpaired) electrons. The number of rotatable bonds is 6. The van der Waals surface area contributed by atoms with Gasteiger partial charge in [-0.05, 0) is 18.8 Å². The van der Waals surface area contributed by atoms with Crippen LogP contribution >= 0.6 is 0 Å². The number of benzene rings is 1. The second-order valence-corrected chi connectivity index (χ2v) is 6.56. The number of hydrogen-bond donors (Lipinski definition) is 1. The van der Waals surface area contributed by atoms with E-state index in [4.69, 9.17) is 4.52 Å². The topological polar surface area (TPSA) is 90.0 Å². The highest BCUT2D eigenvalue weighted by atomic mass is 16.5. The lowest BCUT2D eigenvalue weighted by Gasteiger charge is -2.35. The van der Waals surface area contributed by atoms with Crippen LogP contribution in [-0.2, 0) is 6.54 Å². The molecule has 0 unspecified atom stereocenters. The van der Waals surface area contributed by atoms with Crippen LogP contribution in [0.2, 0.25) is 0 Å². The Kier molecular flexibility index (Phi) is 4.35. The van der Waals surface area contributed by atoms with Gasteiger partial charge in [-0.25, -0.2) is 0 Å². The van der Waals surface area contributed by atoms with E-state index in [0.717, 1.165) is 31.2 Å². The van der Waals surface area contributed by atoms with Gasteiger partial charge in [0.25, 0.3) is 5.91 Å². The van der Waals surface area contributed by atoms with E-state index in [1.807, 2.05) is 30.3 Å². The minimum absolute atomic E-state index is 0.124. The summed E-state index contributed by atoms with van der Waals surface area (Å²) in [6, 6.07) is 11.4. The normalized spacial score (nSPS) is 18.9. The lowest BCUT2D eigenvalue weighted by molar-refractivity contribution is 0.0842. The van der Waals surface area contributed by atoms with Crippen molar-refractivity contribution in [3.63, 3.8) is 0 Å². The summed E-state index contributed by atoms with van der Waals surface area (Å²) in [7, 11) is 0. The first kappa shape index (κ1) is 16.3. The molecule has 1 amide bonds. The van der Waals surface area contributed by atoms with E-state index in [1.54, 1.807) is 23.1 Å². The van der Waals surface area contributed by atoms with E-state index in [9.17, 15) is 9.59 Å². The molecule has 4 rings (SSSR count). The summed E-state index contributed by atoms with van der Waals surface area (Å²) < 4.78 is 6.95. The smallest absolute Gasteiger partial charge is 0.290 e. The van der Waals surface area contributed by atoms with Gasteiger partial charge in [0.2, 0.25) is 5.76 Å². The zero-order valence-corrected chi connectivity index (χ0v) is 14.0. The molecule has 0 saturated heterocycles. The largest absolute Gasteiger partial charge is 0.350 e. The fraction of sp³-hybridized carbons (Fsp3) is 0.263. The Morgan fingerprint density at radius 3 is 2.85 bits per heavy atom. The molecule has 7 nitrogen and oxygen atoms in total. The van der Waals surface area contributed by atoms with Crippen molar-refractivity contribution in [1.82, 2.24) is 20.3 Å². The molecule has 1 aromatic carbocycles. The van der Waals surface area contributed by atoms with E-state index >= 15 is 0 Å². The minimum Gasteiger partial charge on any atom is -0.350 e. The SMILES string of the molecule is O=Cc1cnn(C[C@H]2C[C@H](NC(=O)c3cc(-c4ccccc4)no3)C2)c1. The standard InChI is InChI=1S/C19H18N4O3/c24-12-14-9-20-23(11-14)10-13-6-16(7-13)21-19(25)18-8-17(22-26-18)15-4-2-1-3-5-15/h1-5,8-9,11-13,16H,6-7,10H2,(H,21,25)/t13-,16-. The Labute approximate surface area is 150 Å². The monoisotopic (exact) mass is 350 g/mol. The van der Waals surface area contributed by atoms with E-state index in [0.29, 0.717) is 17.2 Å². The predicted molar refractivity (Wildman–Crippen MR) is 93.5 cm³/mol. The third-order valence-electron chi connectivity index (χ3n) is 4.61. The zero-order chi connectivity index (χ0) is 17.9. The lowest BCUT2D eigenvalue weighted by atomic mass is 9.80. The first-order valence-corrected chi connectivity index (χ1v) is 8.52. The number of amides is 1. The fourth-order valence-corrected chi connectivity index (χ4v) is 3.19. The first-order chi connectivity index (χ1) is 12.7. The molecule has 1 aliphatic carbocycles. The van der Waals surface area contributed by atoms with Crippen LogP contribution in [0.25, 0.3) is 11.3 Å². The molecule has 0 atom stereocenters. The highest BCUT2D eigenvalue weighted by molar-refractivity contribution is 5.92. The zero-order valence-electron chi connectivity index (χ0n) is 14.0. The average Bonchev–Trinajstić information content (AvgIpc) is 3.30. The van der Waals surface area contributed by atoms with Crippen LogP contribution in [0.5, 0.6) is 0 Å². The molecule has 2 heterocycles. The van der Waals surface area contributed by atoms with E-state index in [-0.39, 0.29) is 17.7 Å². The number of hydrogen-bond acceptors (Lipinski definition) is 5. The number of nitrogens with zero attached hydrogens (tertiary/aromatic N) is 3. The van der Waals surface area contributed by atoms with Crippen molar-refractivity contribution in [3.8, 4) is 11.3 Å². The van der Waals surface area contributed by atoms with Crippen LogP contribution in [-0.4, -0.2) is 33.2 Å². The summed E-state index contributed by atoms with van der Waals surface area (Å²) in [5.41, 5.74) is 2.13. The highest BCUT2D eigenvalue weighted by Gasteiger charge is 2.31. The molecule has 1 saturated carbocycles. The van der Waals surface area contributed by atoms with E-state index in [1.165, 1.54) is 0 Å². The maximum Gasteiger partial charge on any atom is 0.290 e. The second-order valence-electron chi connectivity index (χ2n) is 6.56. The van der Waals surface area contributed by atoms with Gasteiger partial charge in [-0.3, -0.25) is 14.3 Å². The molecule has 0 bridgehead atoms. The first-order valence-electron chi connectivity index (χ1n) is 8.52. The summed E-state index contributed by atoms with van der Waals surface area (Å²) >= 11 is 0. The highest BCUT2D eigenvalue weighted by Crippen LogP contribution is 2.29. The quantitative estimate of drug-likeness (QED) is 0.690. The Hall–Kier alpha value is -3.22. The van der Waals surface area contributed by atoms with Crippen molar-refractivity contribution in [2.75, 3.05) is 0 Å². The summed E-state index contributed by atoms with van der Waals surface area (Å²) in [4.78, 5) is 23.0. The van der Waals surface area contributed by atoms with Crippen LogP contribution in [0.15, 0.2) is 53.3 Å². The number of carbonyl (C=O) groups excluding carboxylic acids is 2. The second kappa shape index (κ2) is 6.95. The van der Waals surface area contributed by atoms with Crippen molar-refractivity contribution >= 4 is 12.2 Å². The average molecular weight is 350 g/mol. The molecule has 1 N–H and O–H groups in total. The van der Waals surface area contributed by atoms with Crippen LogP contribution < -0.4 is 5.32 Å². The third kappa shape index (κ3) is 3.42. The summed E-state index contributed by atoms with van der Waals surface area (Å²) in [6.45, 7) is 0.751. The molecule has 26 heavy (non-hydrogen) atoms. The van der Waals surface area contributed by atoms with Gasteiger partial charge in [0.05, 0.1) is 11.8 Å². The molecule has 1 aliphatic rings. The number of nitrogens with one attached hydrogen (secondary N) is 1. The third-order valence-corrected chi connectivity index (χ3v) is 4.61. The fourth-order valence-electron chi connectivity index (χ4n) is 3.19. The van der Waals surface area contributed by atoms with Gasteiger partial charge in [-0.15, -0.1) is 0 Å².